The van der Waals surface area contributed by atoms with Crippen LogP contribution in [0.25, 0.3) is 0 Å². The summed E-state index contributed by atoms with van der Waals surface area (Å²) in [6, 6.07) is 12.9. The Balaban J connectivity index is 1.97. The Morgan fingerprint density at radius 3 is 2.37 bits per heavy atom. The zero-order chi connectivity index (χ0) is 13.7. The largest absolute Gasteiger partial charge is 0.508 e. The number of phenolic OH excluding ortho intramolecular Hbond substituents is 1. The Morgan fingerprint density at radius 1 is 1.05 bits per heavy atom. The van der Waals surface area contributed by atoms with E-state index < -0.39 is 0 Å². The highest BCUT2D eigenvalue weighted by Gasteiger charge is 2.03. The van der Waals surface area contributed by atoms with E-state index in [1.54, 1.807) is 43.5 Å². The van der Waals surface area contributed by atoms with Crippen LogP contribution in [-0.4, -0.2) is 18.2 Å². The van der Waals surface area contributed by atoms with E-state index in [9.17, 15) is 9.90 Å². The molecule has 0 saturated carbocycles. The number of ether oxygens (including phenoxy) is 1. The average molecular weight is 258 g/mol. The van der Waals surface area contributed by atoms with E-state index in [-0.39, 0.29) is 11.8 Å². The zero-order valence-electron chi connectivity index (χ0n) is 10.4. The van der Waals surface area contributed by atoms with E-state index in [0.29, 0.717) is 11.4 Å². The van der Waals surface area contributed by atoms with Crippen LogP contribution < -0.4 is 15.4 Å². The highest BCUT2D eigenvalue weighted by atomic mass is 16.5. The monoisotopic (exact) mass is 258 g/mol. The third-order valence-corrected chi connectivity index (χ3v) is 2.45. The second kappa shape index (κ2) is 5.77. The average Bonchev–Trinajstić information content (AvgIpc) is 2.39. The van der Waals surface area contributed by atoms with Crippen LogP contribution in [0.2, 0.25) is 0 Å². The van der Waals surface area contributed by atoms with E-state index in [1.807, 2.05) is 0 Å². The van der Waals surface area contributed by atoms with Crippen molar-refractivity contribution in [3.63, 3.8) is 0 Å². The van der Waals surface area contributed by atoms with Crippen molar-refractivity contribution in [3.05, 3.63) is 48.5 Å². The standard InChI is InChI=1S/C14H14N2O3/c1-19-13-7-5-10(6-8-13)15-14(18)16-11-3-2-4-12(17)9-11/h2-9,17H,1H3,(H2,15,16,18). The third kappa shape index (κ3) is 3.64. The van der Waals surface area contributed by atoms with Gasteiger partial charge in [-0.05, 0) is 36.4 Å². The van der Waals surface area contributed by atoms with Crippen LogP contribution in [-0.2, 0) is 0 Å². The van der Waals surface area contributed by atoms with Gasteiger partial charge in [-0.3, -0.25) is 0 Å². The molecular weight excluding hydrogens is 244 g/mol. The van der Waals surface area contributed by atoms with E-state index in [2.05, 4.69) is 10.6 Å². The molecule has 0 unspecified atom stereocenters. The van der Waals surface area contributed by atoms with E-state index in [4.69, 9.17) is 4.74 Å². The molecule has 5 heteroatoms. The molecule has 0 bridgehead atoms. The highest BCUT2D eigenvalue weighted by Crippen LogP contribution is 2.17. The lowest BCUT2D eigenvalue weighted by molar-refractivity contribution is 0.262. The lowest BCUT2D eigenvalue weighted by Crippen LogP contribution is -2.19. The van der Waals surface area contributed by atoms with Crippen molar-refractivity contribution in [1.82, 2.24) is 0 Å². The summed E-state index contributed by atoms with van der Waals surface area (Å²) in [5, 5.41) is 14.6. The first-order valence-electron chi connectivity index (χ1n) is 5.68. The normalized spacial score (nSPS) is 9.74. The van der Waals surface area contributed by atoms with Crippen molar-refractivity contribution in [3.8, 4) is 11.5 Å². The minimum Gasteiger partial charge on any atom is -0.508 e. The van der Waals surface area contributed by atoms with Gasteiger partial charge < -0.3 is 20.5 Å². The summed E-state index contributed by atoms with van der Waals surface area (Å²) in [6.45, 7) is 0. The lowest BCUT2D eigenvalue weighted by atomic mass is 10.3. The lowest BCUT2D eigenvalue weighted by Gasteiger charge is -2.08. The van der Waals surface area contributed by atoms with Crippen molar-refractivity contribution >= 4 is 17.4 Å². The Bertz CT molecular complexity index is 567. The molecule has 0 aliphatic rings. The van der Waals surface area contributed by atoms with Crippen molar-refractivity contribution in [2.75, 3.05) is 17.7 Å². The van der Waals surface area contributed by atoms with Gasteiger partial charge in [0.1, 0.15) is 11.5 Å². The summed E-state index contributed by atoms with van der Waals surface area (Å²) in [7, 11) is 1.58. The van der Waals surface area contributed by atoms with Crippen molar-refractivity contribution < 1.29 is 14.6 Å². The van der Waals surface area contributed by atoms with Crippen LogP contribution in [0.5, 0.6) is 11.5 Å². The van der Waals surface area contributed by atoms with Crippen molar-refractivity contribution in [1.29, 1.82) is 0 Å². The van der Waals surface area contributed by atoms with Gasteiger partial charge in [-0.1, -0.05) is 6.07 Å². The topological polar surface area (TPSA) is 70.6 Å². The number of hydrogen-bond donors (Lipinski definition) is 3. The number of carbonyl (C=O) groups excluding carboxylic acids is 1. The maximum atomic E-state index is 11.7. The predicted molar refractivity (Wildman–Crippen MR) is 73.7 cm³/mol. The molecule has 0 atom stereocenters. The van der Waals surface area contributed by atoms with Gasteiger partial charge >= 0.3 is 6.03 Å². The first-order valence-corrected chi connectivity index (χ1v) is 5.68. The minimum absolute atomic E-state index is 0.0993. The summed E-state index contributed by atoms with van der Waals surface area (Å²) in [6.07, 6.45) is 0. The molecule has 5 nitrogen and oxygen atoms in total. The van der Waals surface area contributed by atoms with Crippen LogP contribution in [0.4, 0.5) is 16.2 Å². The Morgan fingerprint density at radius 2 is 1.74 bits per heavy atom. The number of carbonyl (C=O) groups is 1. The Kier molecular flexibility index (Phi) is 3.87. The molecule has 2 amide bonds. The second-order valence-corrected chi connectivity index (χ2v) is 3.86. The number of phenols is 1. The summed E-state index contributed by atoms with van der Waals surface area (Å²) in [5.41, 5.74) is 1.17. The van der Waals surface area contributed by atoms with Gasteiger partial charge in [-0.15, -0.1) is 0 Å². The highest BCUT2D eigenvalue weighted by molar-refractivity contribution is 5.99. The molecule has 0 saturated heterocycles. The SMILES string of the molecule is COc1ccc(NC(=O)Nc2cccc(O)c2)cc1. The molecule has 19 heavy (non-hydrogen) atoms. The number of urea groups is 1. The molecule has 98 valence electrons. The Hall–Kier alpha value is -2.69. The molecule has 2 rings (SSSR count). The fourth-order valence-corrected chi connectivity index (χ4v) is 1.55. The molecule has 2 aromatic carbocycles. The summed E-state index contributed by atoms with van der Waals surface area (Å²) < 4.78 is 5.03. The maximum Gasteiger partial charge on any atom is 0.323 e. The minimum atomic E-state index is -0.379. The van der Waals surface area contributed by atoms with Crippen LogP contribution in [0.1, 0.15) is 0 Å². The molecule has 0 fully saturated rings. The first kappa shape index (κ1) is 12.8. The molecule has 0 radical (unpaired) electrons. The van der Waals surface area contributed by atoms with Crippen LogP contribution in [0, 0.1) is 0 Å². The number of hydrogen-bond acceptors (Lipinski definition) is 3. The molecule has 0 aromatic heterocycles. The summed E-state index contributed by atoms with van der Waals surface area (Å²) >= 11 is 0. The zero-order valence-corrected chi connectivity index (χ0v) is 10.4. The Labute approximate surface area is 110 Å². The fourth-order valence-electron chi connectivity index (χ4n) is 1.55. The first-order chi connectivity index (χ1) is 9.17. The van der Waals surface area contributed by atoms with Crippen molar-refractivity contribution in [2.45, 2.75) is 0 Å². The van der Waals surface area contributed by atoms with Gasteiger partial charge in [-0.25, -0.2) is 4.79 Å². The quantitative estimate of drug-likeness (QED) is 0.792. The molecule has 3 N–H and O–H groups in total. The van der Waals surface area contributed by atoms with Gasteiger partial charge in [0, 0.05) is 17.4 Å². The van der Waals surface area contributed by atoms with Gasteiger partial charge in [0.05, 0.1) is 7.11 Å². The fraction of sp³-hybridized carbons (Fsp3) is 0.0714. The molecule has 0 heterocycles. The van der Waals surface area contributed by atoms with Gasteiger partial charge in [-0.2, -0.15) is 0 Å². The molecule has 2 aromatic rings. The van der Waals surface area contributed by atoms with E-state index in [1.165, 1.54) is 12.1 Å². The number of anilines is 2. The molecule has 0 aliphatic heterocycles. The summed E-state index contributed by atoms with van der Waals surface area (Å²) in [4.78, 5) is 11.7. The van der Waals surface area contributed by atoms with Crippen molar-refractivity contribution in [2.24, 2.45) is 0 Å². The van der Waals surface area contributed by atoms with Crippen LogP contribution >= 0.6 is 0 Å². The number of rotatable bonds is 3. The van der Waals surface area contributed by atoms with E-state index >= 15 is 0 Å². The maximum absolute atomic E-state index is 11.7. The van der Waals surface area contributed by atoms with Crippen LogP contribution in [0.3, 0.4) is 0 Å². The number of benzene rings is 2. The second-order valence-electron chi connectivity index (χ2n) is 3.86. The smallest absolute Gasteiger partial charge is 0.323 e. The number of aromatic hydroxyl groups is 1. The molecular formula is C14H14N2O3. The number of amides is 2. The summed E-state index contributed by atoms with van der Waals surface area (Å²) in [5.74, 6) is 0.821. The van der Waals surface area contributed by atoms with Gasteiger partial charge in [0.15, 0.2) is 0 Å². The van der Waals surface area contributed by atoms with Gasteiger partial charge in [0.2, 0.25) is 0 Å². The van der Waals surface area contributed by atoms with Crippen LogP contribution in [0.15, 0.2) is 48.5 Å². The number of methoxy groups -OCH3 is 1. The third-order valence-electron chi connectivity index (χ3n) is 2.45. The van der Waals surface area contributed by atoms with E-state index in [0.717, 1.165) is 5.75 Å². The number of nitrogens with one attached hydrogen (secondary N) is 2. The molecule has 0 aliphatic carbocycles. The van der Waals surface area contributed by atoms with Gasteiger partial charge in [0.25, 0.3) is 0 Å². The predicted octanol–water partition coefficient (Wildman–Crippen LogP) is 3.04. The molecule has 0 spiro atoms.